The van der Waals surface area contributed by atoms with E-state index in [4.69, 9.17) is 0 Å². The average Bonchev–Trinajstić information content (AvgIpc) is 2.54. The van der Waals surface area contributed by atoms with Crippen molar-refractivity contribution in [2.45, 2.75) is 39.8 Å². The quantitative estimate of drug-likeness (QED) is 0.427. The van der Waals surface area contributed by atoms with E-state index in [1.54, 1.807) is 13.8 Å². The summed E-state index contributed by atoms with van der Waals surface area (Å²) in [5.74, 6) is 0. The van der Waals surface area contributed by atoms with E-state index in [2.05, 4.69) is 10.4 Å². The Hall–Kier alpha value is -1.47. The highest BCUT2D eigenvalue weighted by atomic mass is 16.6. The van der Waals surface area contributed by atoms with Gasteiger partial charge in [-0.3, -0.25) is 14.8 Å². The van der Waals surface area contributed by atoms with Crippen LogP contribution in [0.2, 0.25) is 0 Å². The minimum atomic E-state index is -0.603. The molecule has 7 heteroatoms. The number of aromatic nitrogens is 2. The lowest BCUT2D eigenvalue weighted by Crippen LogP contribution is -2.31. The smallest absolute Gasteiger partial charge is 0.312 e. The minimum Gasteiger partial charge on any atom is -0.390 e. The van der Waals surface area contributed by atoms with Crippen LogP contribution < -0.4 is 5.32 Å². The van der Waals surface area contributed by atoms with E-state index in [1.165, 1.54) is 4.68 Å². The zero-order valence-electron chi connectivity index (χ0n) is 11.0. The lowest BCUT2D eigenvalue weighted by atomic mass is 10.3. The molecular formula is C11H20N4O3. The van der Waals surface area contributed by atoms with Crippen molar-refractivity contribution in [2.75, 3.05) is 13.1 Å². The molecule has 0 saturated heterocycles. The molecular weight excluding hydrogens is 236 g/mol. The molecule has 7 nitrogen and oxygen atoms in total. The summed E-state index contributed by atoms with van der Waals surface area (Å²) >= 11 is 0. The van der Waals surface area contributed by atoms with Crippen molar-refractivity contribution in [3.05, 3.63) is 21.5 Å². The minimum absolute atomic E-state index is 0.0312. The number of aryl methyl sites for hydroxylation is 1. The standard InChI is InChI=1S/C11H20N4O3/c1-4-5-12-6-10(16)7-14-9(3)11(15(17)18)8(2)13-14/h10,12,16H,4-7H2,1-3H3. The number of hydrogen-bond acceptors (Lipinski definition) is 5. The Balaban J connectivity index is 2.68. The van der Waals surface area contributed by atoms with Gasteiger partial charge in [-0.25, -0.2) is 0 Å². The van der Waals surface area contributed by atoms with Crippen molar-refractivity contribution >= 4 is 5.69 Å². The molecule has 1 aromatic heterocycles. The first-order valence-electron chi connectivity index (χ1n) is 6.04. The van der Waals surface area contributed by atoms with Crippen LogP contribution in [-0.4, -0.2) is 39.0 Å². The van der Waals surface area contributed by atoms with E-state index in [9.17, 15) is 15.2 Å². The van der Waals surface area contributed by atoms with Crippen LogP contribution in [0.25, 0.3) is 0 Å². The second-order valence-electron chi connectivity index (χ2n) is 4.32. The Morgan fingerprint density at radius 2 is 2.22 bits per heavy atom. The first-order chi connectivity index (χ1) is 8.47. The summed E-state index contributed by atoms with van der Waals surface area (Å²) < 4.78 is 1.49. The molecule has 1 unspecified atom stereocenters. The molecule has 0 fully saturated rings. The van der Waals surface area contributed by atoms with Crippen molar-refractivity contribution in [3.63, 3.8) is 0 Å². The van der Waals surface area contributed by atoms with Crippen LogP contribution in [0.15, 0.2) is 0 Å². The Bertz CT molecular complexity index is 417. The topological polar surface area (TPSA) is 93.2 Å². The van der Waals surface area contributed by atoms with E-state index < -0.39 is 11.0 Å². The number of aliphatic hydroxyl groups excluding tert-OH is 1. The van der Waals surface area contributed by atoms with Crippen molar-refractivity contribution in [2.24, 2.45) is 0 Å². The van der Waals surface area contributed by atoms with E-state index in [-0.39, 0.29) is 12.2 Å². The Labute approximate surface area is 106 Å². The molecule has 0 saturated carbocycles. The van der Waals surface area contributed by atoms with Crippen LogP contribution in [-0.2, 0) is 6.54 Å². The number of nitrogens with one attached hydrogen (secondary N) is 1. The zero-order valence-corrected chi connectivity index (χ0v) is 11.0. The number of aliphatic hydroxyl groups is 1. The van der Waals surface area contributed by atoms with Gasteiger partial charge in [-0.1, -0.05) is 6.92 Å². The van der Waals surface area contributed by atoms with E-state index in [0.29, 0.717) is 17.9 Å². The summed E-state index contributed by atoms with van der Waals surface area (Å²) in [7, 11) is 0. The molecule has 102 valence electrons. The van der Waals surface area contributed by atoms with Gasteiger partial charge in [0.15, 0.2) is 0 Å². The first-order valence-corrected chi connectivity index (χ1v) is 6.04. The molecule has 1 rings (SSSR count). The fourth-order valence-corrected chi connectivity index (χ4v) is 1.84. The van der Waals surface area contributed by atoms with Crippen LogP contribution >= 0.6 is 0 Å². The number of nitrogens with zero attached hydrogens (tertiary/aromatic N) is 3. The summed E-state index contributed by atoms with van der Waals surface area (Å²) in [6, 6.07) is 0. The highest BCUT2D eigenvalue weighted by molar-refractivity contribution is 5.39. The van der Waals surface area contributed by atoms with Gasteiger partial charge in [0.05, 0.1) is 17.6 Å². The van der Waals surface area contributed by atoms with Gasteiger partial charge in [-0.2, -0.15) is 5.10 Å². The van der Waals surface area contributed by atoms with Gasteiger partial charge in [0.1, 0.15) is 11.4 Å². The second kappa shape index (κ2) is 6.46. The lowest BCUT2D eigenvalue weighted by Gasteiger charge is -2.12. The Morgan fingerprint density at radius 1 is 1.56 bits per heavy atom. The molecule has 0 radical (unpaired) electrons. The number of nitro groups is 1. The molecule has 1 aromatic rings. The van der Waals surface area contributed by atoms with Gasteiger partial charge < -0.3 is 10.4 Å². The van der Waals surface area contributed by atoms with Crippen LogP contribution in [0.5, 0.6) is 0 Å². The second-order valence-corrected chi connectivity index (χ2v) is 4.32. The predicted octanol–water partition coefficient (Wildman–Crippen LogP) is 0.769. The van der Waals surface area contributed by atoms with Crippen molar-refractivity contribution < 1.29 is 10.0 Å². The Kier molecular flexibility index (Phi) is 5.24. The molecule has 2 N–H and O–H groups in total. The first kappa shape index (κ1) is 14.6. The number of hydrogen-bond donors (Lipinski definition) is 2. The summed E-state index contributed by atoms with van der Waals surface area (Å²) in [5, 5.41) is 27.8. The van der Waals surface area contributed by atoms with Crippen LogP contribution in [0.1, 0.15) is 24.7 Å². The maximum absolute atomic E-state index is 10.8. The van der Waals surface area contributed by atoms with Crippen LogP contribution in [0.4, 0.5) is 5.69 Å². The van der Waals surface area contributed by atoms with Gasteiger partial charge >= 0.3 is 5.69 Å². The molecule has 0 amide bonds. The average molecular weight is 256 g/mol. The summed E-state index contributed by atoms with van der Waals surface area (Å²) in [4.78, 5) is 10.4. The molecule has 0 aliphatic heterocycles. The third-order valence-electron chi connectivity index (χ3n) is 2.72. The summed E-state index contributed by atoms with van der Waals surface area (Å²) in [6.45, 7) is 6.85. The molecule has 0 aromatic carbocycles. The third kappa shape index (κ3) is 3.51. The van der Waals surface area contributed by atoms with Gasteiger partial charge in [-0.15, -0.1) is 0 Å². The molecule has 0 aliphatic rings. The van der Waals surface area contributed by atoms with Crippen LogP contribution in [0, 0.1) is 24.0 Å². The maximum Gasteiger partial charge on any atom is 0.312 e. The molecule has 0 aliphatic carbocycles. The fraction of sp³-hybridized carbons (Fsp3) is 0.727. The normalized spacial score (nSPS) is 12.7. The van der Waals surface area contributed by atoms with Gasteiger partial charge in [0.2, 0.25) is 0 Å². The van der Waals surface area contributed by atoms with E-state index >= 15 is 0 Å². The van der Waals surface area contributed by atoms with E-state index in [0.717, 1.165) is 13.0 Å². The van der Waals surface area contributed by atoms with Crippen LogP contribution in [0.3, 0.4) is 0 Å². The maximum atomic E-state index is 10.8. The number of rotatable bonds is 7. The van der Waals surface area contributed by atoms with Crippen molar-refractivity contribution in [3.8, 4) is 0 Å². The molecule has 1 heterocycles. The zero-order chi connectivity index (χ0) is 13.7. The van der Waals surface area contributed by atoms with Crippen molar-refractivity contribution in [1.29, 1.82) is 0 Å². The lowest BCUT2D eigenvalue weighted by molar-refractivity contribution is -0.386. The molecule has 0 spiro atoms. The van der Waals surface area contributed by atoms with Gasteiger partial charge in [0.25, 0.3) is 0 Å². The fourth-order valence-electron chi connectivity index (χ4n) is 1.84. The predicted molar refractivity (Wildman–Crippen MR) is 67.5 cm³/mol. The summed E-state index contributed by atoms with van der Waals surface area (Å²) in [5.41, 5.74) is 0.891. The van der Waals surface area contributed by atoms with E-state index in [1.807, 2.05) is 6.92 Å². The molecule has 1 atom stereocenters. The summed E-state index contributed by atoms with van der Waals surface area (Å²) in [6.07, 6.45) is 0.395. The molecule has 18 heavy (non-hydrogen) atoms. The third-order valence-corrected chi connectivity index (χ3v) is 2.72. The van der Waals surface area contributed by atoms with Gasteiger partial charge in [-0.05, 0) is 26.8 Å². The highest BCUT2D eigenvalue weighted by Gasteiger charge is 2.22. The van der Waals surface area contributed by atoms with Crippen molar-refractivity contribution in [1.82, 2.24) is 15.1 Å². The highest BCUT2D eigenvalue weighted by Crippen LogP contribution is 2.21. The largest absolute Gasteiger partial charge is 0.390 e. The monoisotopic (exact) mass is 256 g/mol. The molecule has 0 bridgehead atoms. The van der Waals surface area contributed by atoms with Gasteiger partial charge in [0, 0.05) is 6.54 Å². The Morgan fingerprint density at radius 3 is 2.72 bits per heavy atom. The SMILES string of the molecule is CCCNCC(O)Cn1nc(C)c([N+](=O)[O-])c1C.